The van der Waals surface area contributed by atoms with E-state index in [2.05, 4.69) is 10.2 Å². The lowest BCUT2D eigenvalue weighted by atomic mass is 9.99. The van der Waals surface area contributed by atoms with Gasteiger partial charge in [0.2, 0.25) is 10.0 Å². The normalized spacial score (nSPS) is 23.2. The maximum atomic E-state index is 12.9. The van der Waals surface area contributed by atoms with E-state index in [0.29, 0.717) is 19.0 Å². The maximum Gasteiger partial charge on any atom is 0.246 e. The van der Waals surface area contributed by atoms with Crippen molar-refractivity contribution in [2.24, 2.45) is 5.92 Å². The van der Waals surface area contributed by atoms with Crippen molar-refractivity contribution in [3.8, 4) is 0 Å². The van der Waals surface area contributed by atoms with E-state index in [-0.39, 0.29) is 27.3 Å². The Morgan fingerprint density at radius 3 is 2.32 bits per heavy atom. The fourth-order valence-corrected chi connectivity index (χ4v) is 5.97. The van der Waals surface area contributed by atoms with Crippen molar-refractivity contribution in [1.29, 1.82) is 0 Å². The minimum Gasteiger partial charge on any atom is -0.316 e. The molecule has 0 bridgehead atoms. The van der Waals surface area contributed by atoms with Crippen LogP contribution in [0.2, 0.25) is 10.0 Å². The molecule has 25 heavy (non-hydrogen) atoms. The molecule has 0 aliphatic carbocycles. The predicted octanol–water partition coefficient (Wildman–Crippen LogP) is 2.72. The van der Waals surface area contributed by atoms with Crippen LogP contribution in [0.5, 0.6) is 0 Å². The molecule has 0 aromatic heterocycles. The molecule has 0 saturated carbocycles. The number of benzene rings is 1. The molecule has 0 spiro atoms. The van der Waals surface area contributed by atoms with Gasteiger partial charge in [0.1, 0.15) is 4.90 Å². The molecule has 2 aliphatic rings. The topological polar surface area (TPSA) is 52.7 Å². The molecule has 5 nitrogen and oxygen atoms in total. The van der Waals surface area contributed by atoms with E-state index in [1.165, 1.54) is 17.1 Å². The van der Waals surface area contributed by atoms with Gasteiger partial charge in [0.15, 0.2) is 0 Å². The SMILES string of the molecule is Cl.O=S(=O)(c1c(Cl)cccc1Cl)N1CCN(CC2CCCNC2)CC1. The van der Waals surface area contributed by atoms with Crippen molar-refractivity contribution < 1.29 is 8.42 Å². The van der Waals surface area contributed by atoms with Gasteiger partial charge in [0.25, 0.3) is 0 Å². The number of hydrogen-bond acceptors (Lipinski definition) is 4. The lowest BCUT2D eigenvalue weighted by Gasteiger charge is -2.36. The smallest absolute Gasteiger partial charge is 0.246 e. The van der Waals surface area contributed by atoms with Crippen molar-refractivity contribution in [1.82, 2.24) is 14.5 Å². The number of piperazine rings is 1. The van der Waals surface area contributed by atoms with Crippen molar-refractivity contribution in [3.05, 3.63) is 28.2 Å². The van der Waals surface area contributed by atoms with Crippen LogP contribution in [0.1, 0.15) is 12.8 Å². The monoisotopic (exact) mass is 427 g/mol. The zero-order valence-electron chi connectivity index (χ0n) is 14.0. The summed E-state index contributed by atoms with van der Waals surface area (Å²) < 4.78 is 27.2. The number of sulfonamides is 1. The molecule has 2 saturated heterocycles. The highest BCUT2D eigenvalue weighted by molar-refractivity contribution is 7.89. The van der Waals surface area contributed by atoms with Crippen LogP contribution >= 0.6 is 35.6 Å². The van der Waals surface area contributed by atoms with Crippen LogP contribution in [0.15, 0.2) is 23.1 Å². The standard InChI is InChI=1S/C16H23Cl2N3O2S.ClH/c17-14-4-1-5-15(18)16(14)24(22,23)21-9-7-20(8-10-21)12-13-3-2-6-19-11-13;/h1,4-5,13,19H,2-3,6-12H2;1H. The Morgan fingerprint density at radius 2 is 1.76 bits per heavy atom. The summed E-state index contributed by atoms with van der Waals surface area (Å²) in [6.07, 6.45) is 2.48. The molecule has 0 amide bonds. The molecule has 1 atom stereocenters. The van der Waals surface area contributed by atoms with Gasteiger partial charge in [-0.15, -0.1) is 12.4 Å². The van der Waals surface area contributed by atoms with Gasteiger partial charge < -0.3 is 10.2 Å². The number of piperidine rings is 1. The summed E-state index contributed by atoms with van der Waals surface area (Å²) in [5, 5.41) is 3.79. The largest absolute Gasteiger partial charge is 0.316 e. The Morgan fingerprint density at radius 1 is 1.12 bits per heavy atom. The summed E-state index contributed by atoms with van der Waals surface area (Å²) in [7, 11) is -3.65. The van der Waals surface area contributed by atoms with Crippen molar-refractivity contribution in [2.75, 3.05) is 45.8 Å². The van der Waals surface area contributed by atoms with Crippen LogP contribution in [0, 0.1) is 5.92 Å². The number of nitrogens with one attached hydrogen (secondary N) is 1. The van der Waals surface area contributed by atoms with Crippen LogP contribution in [-0.4, -0.2) is 63.4 Å². The van der Waals surface area contributed by atoms with Gasteiger partial charge in [-0.3, -0.25) is 0 Å². The van der Waals surface area contributed by atoms with Crippen molar-refractivity contribution in [3.63, 3.8) is 0 Å². The van der Waals surface area contributed by atoms with Crippen LogP contribution in [0.3, 0.4) is 0 Å². The summed E-state index contributed by atoms with van der Waals surface area (Å²) in [4.78, 5) is 2.39. The van der Waals surface area contributed by atoms with E-state index < -0.39 is 10.0 Å². The fraction of sp³-hybridized carbons (Fsp3) is 0.625. The fourth-order valence-electron chi connectivity index (χ4n) is 3.46. The minimum atomic E-state index is -3.65. The number of halogens is 3. The van der Waals surface area contributed by atoms with Crippen molar-refractivity contribution >= 4 is 45.6 Å². The summed E-state index contributed by atoms with van der Waals surface area (Å²) >= 11 is 12.2. The second-order valence-electron chi connectivity index (χ2n) is 6.47. The van der Waals surface area contributed by atoms with Crippen LogP contribution in [-0.2, 0) is 10.0 Å². The third kappa shape index (κ3) is 5.01. The summed E-state index contributed by atoms with van der Waals surface area (Å²) in [6, 6.07) is 4.78. The molecule has 2 heterocycles. The molecule has 1 unspecified atom stereocenters. The highest BCUT2D eigenvalue weighted by atomic mass is 35.5. The zero-order chi connectivity index (χ0) is 17.2. The quantitative estimate of drug-likeness (QED) is 0.801. The molecule has 142 valence electrons. The van der Waals surface area contributed by atoms with E-state index in [9.17, 15) is 8.42 Å². The molecule has 2 fully saturated rings. The van der Waals surface area contributed by atoms with E-state index in [1.54, 1.807) is 18.2 Å². The molecule has 1 aromatic carbocycles. The lowest BCUT2D eigenvalue weighted by Crippen LogP contribution is -2.50. The predicted molar refractivity (Wildman–Crippen MR) is 105 cm³/mol. The van der Waals surface area contributed by atoms with E-state index >= 15 is 0 Å². The second kappa shape index (κ2) is 9.22. The molecule has 3 rings (SSSR count). The number of nitrogens with zero attached hydrogens (tertiary/aromatic N) is 2. The van der Waals surface area contributed by atoms with Gasteiger partial charge in [-0.05, 0) is 44.0 Å². The van der Waals surface area contributed by atoms with E-state index in [0.717, 1.165) is 32.7 Å². The van der Waals surface area contributed by atoms with Gasteiger partial charge in [-0.25, -0.2) is 8.42 Å². The van der Waals surface area contributed by atoms with Gasteiger partial charge in [-0.1, -0.05) is 29.3 Å². The second-order valence-corrected chi connectivity index (χ2v) is 9.16. The zero-order valence-corrected chi connectivity index (χ0v) is 17.1. The molecule has 2 aliphatic heterocycles. The first-order valence-electron chi connectivity index (χ1n) is 8.36. The van der Waals surface area contributed by atoms with E-state index in [4.69, 9.17) is 23.2 Å². The molecule has 1 aromatic rings. The van der Waals surface area contributed by atoms with Gasteiger partial charge >= 0.3 is 0 Å². The number of hydrogen-bond donors (Lipinski definition) is 1. The molecule has 0 radical (unpaired) electrons. The molecule has 9 heteroatoms. The van der Waals surface area contributed by atoms with Crippen LogP contribution in [0.25, 0.3) is 0 Å². The van der Waals surface area contributed by atoms with Crippen LogP contribution < -0.4 is 5.32 Å². The molecule has 1 N–H and O–H groups in total. The average molecular weight is 429 g/mol. The molecular weight excluding hydrogens is 405 g/mol. The van der Waals surface area contributed by atoms with Crippen LogP contribution in [0.4, 0.5) is 0 Å². The Bertz CT molecular complexity index is 653. The third-order valence-corrected chi connectivity index (χ3v) is 7.62. The Hall–Kier alpha value is -0.0800. The Kier molecular flexibility index (Phi) is 7.83. The highest BCUT2D eigenvalue weighted by Crippen LogP contribution is 2.31. The van der Waals surface area contributed by atoms with Gasteiger partial charge in [0.05, 0.1) is 10.0 Å². The van der Waals surface area contributed by atoms with Gasteiger partial charge in [-0.2, -0.15) is 4.31 Å². The Balaban J connectivity index is 0.00000225. The third-order valence-electron chi connectivity index (χ3n) is 4.76. The minimum absolute atomic E-state index is 0. The van der Waals surface area contributed by atoms with Gasteiger partial charge in [0, 0.05) is 32.7 Å². The maximum absolute atomic E-state index is 12.9. The average Bonchev–Trinajstić information content (AvgIpc) is 2.56. The highest BCUT2D eigenvalue weighted by Gasteiger charge is 2.32. The summed E-state index contributed by atoms with van der Waals surface area (Å²) in [6.45, 7) is 5.66. The number of rotatable bonds is 4. The Labute approximate surface area is 166 Å². The summed E-state index contributed by atoms with van der Waals surface area (Å²) in [5.41, 5.74) is 0. The lowest BCUT2D eigenvalue weighted by molar-refractivity contribution is 0.154. The first kappa shape index (κ1) is 21.2. The first-order valence-corrected chi connectivity index (χ1v) is 10.6. The van der Waals surface area contributed by atoms with Crippen molar-refractivity contribution in [2.45, 2.75) is 17.7 Å². The molecular formula is C16H24Cl3N3O2S. The first-order chi connectivity index (χ1) is 11.5. The summed E-state index contributed by atoms with van der Waals surface area (Å²) in [5.74, 6) is 0.667. The van der Waals surface area contributed by atoms with E-state index in [1.807, 2.05) is 0 Å².